The molecule has 1 aliphatic heterocycles. The van der Waals surface area contributed by atoms with Gasteiger partial charge in [-0.15, -0.1) is 0 Å². The van der Waals surface area contributed by atoms with Gasteiger partial charge in [0.05, 0.1) is 23.8 Å². The molecule has 0 saturated carbocycles. The van der Waals surface area contributed by atoms with Crippen molar-refractivity contribution in [3.63, 3.8) is 0 Å². The molecule has 0 aromatic heterocycles. The van der Waals surface area contributed by atoms with Gasteiger partial charge in [-0.05, 0) is 74.4 Å². The average Bonchev–Trinajstić information content (AvgIpc) is 3.04. The first-order valence-corrected chi connectivity index (χ1v) is 11.6. The number of amides is 1. The highest BCUT2D eigenvalue weighted by atomic mass is 32.2. The van der Waals surface area contributed by atoms with Crippen molar-refractivity contribution in [2.24, 2.45) is 4.99 Å². The SMILES string of the molecule is CCCOc1ccc(/C=C2/SC(=Nc3ccc(C)cc3)N(CCC)C2=O)cc1OCC. The molecule has 1 aliphatic rings. The van der Waals surface area contributed by atoms with E-state index < -0.39 is 0 Å². The molecule has 0 aliphatic carbocycles. The Balaban J connectivity index is 1.90. The van der Waals surface area contributed by atoms with Crippen LogP contribution in [0.25, 0.3) is 6.08 Å². The molecule has 1 fully saturated rings. The Morgan fingerprint density at radius 1 is 1.00 bits per heavy atom. The van der Waals surface area contributed by atoms with Gasteiger partial charge in [-0.1, -0.05) is 37.6 Å². The number of ether oxygens (including phenoxy) is 2. The van der Waals surface area contributed by atoms with Crippen molar-refractivity contribution in [1.29, 1.82) is 0 Å². The Morgan fingerprint density at radius 2 is 1.77 bits per heavy atom. The van der Waals surface area contributed by atoms with Crippen LogP contribution in [0.3, 0.4) is 0 Å². The molecule has 0 spiro atoms. The van der Waals surface area contributed by atoms with E-state index in [2.05, 4.69) is 13.8 Å². The van der Waals surface area contributed by atoms with Crippen molar-refractivity contribution in [3.8, 4) is 11.5 Å². The average molecular weight is 439 g/mol. The molecular formula is C25H30N2O3S. The number of aliphatic imine (C=N–C) groups is 1. The fourth-order valence-electron chi connectivity index (χ4n) is 3.11. The van der Waals surface area contributed by atoms with Crippen molar-refractivity contribution >= 4 is 34.6 Å². The summed E-state index contributed by atoms with van der Waals surface area (Å²) in [6, 6.07) is 13.8. The molecule has 0 atom stereocenters. The van der Waals surface area contributed by atoms with E-state index in [1.807, 2.05) is 62.4 Å². The van der Waals surface area contributed by atoms with Crippen LogP contribution in [0.2, 0.25) is 0 Å². The third-order valence-corrected chi connectivity index (χ3v) is 5.63. The summed E-state index contributed by atoms with van der Waals surface area (Å²) in [5, 5.41) is 0.717. The smallest absolute Gasteiger partial charge is 0.266 e. The monoisotopic (exact) mass is 438 g/mol. The zero-order valence-electron chi connectivity index (χ0n) is 18.7. The van der Waals surface area contributed by atoms with Gasteiger partial charge in [-0.3, -0.25) is 9.69 Å². The molecule has 5 nitrogen and oxygen atoms in total. The second-order valence-electron chi connectivity index (χ2n) is 7.29. The van der Waals surface area contributed by atoms with E-state index in [4.69, 9.17) is 14.5 Å². The maximum atomic E-state index is 13.1. The van der Waals surface area contributed by atoms with Gasteiger partial charge in [0.15, 0.2) is 16.7 Å². The Bertz CT molecular complexity index is 967. The second-order valence-corrected chi connectivity index (χ2v) is 8.29. The number of aryl methyl sites for hydroxylation is 1. The third-order valence-electron chi connectivity index (χ3n) is 4.62. The molecule has 0 radical (unpaired) electrons. The van der Waals surface area contributed by atoms with Crippen molar-refractivity contribution in [1.82, 2.24) is 4.90 Å². The van der Waals surface area contributed by atoms with Gasteiger partial charge in [0.2, 0.25) is 0 Å². The van der Waals surface area contributed by atoms with Crippen LogP contribution in [0.15, 0.2) is 52.4 Å². The molecule has 0 N–H and O–H groups in total. The molecule has 1 amide bonds. The van der Waals surface area contributed by atoms with Gasteiger partial charge in [-0.25, -0.2) is 4.99 Å². The van der Waals surface area contributed by atoms with Gasteiger partial charge >= 0.3 is 0 Å². The van der Waals surface area contributed by atoms with Crippen LogP contribution in [0.5, 0.6) is 11.5 Å². The van der Waals surface area contributed by atoms with Crippen LogP contribution in [0.4, 0.5) is 5.69 Å². The summed E-state index contributed by atoms with van der Waals surface area (Å²) in [5.41, 5.74) is 2.93. The summed E-state index contributed by atoms with van der Waals surface area (Å²) in [4.78, 5) is 20.2. The summed E-state index contributed by atoms with van der Waals surface area (Å²) in [6.07, 6.45) is 3.70. The van der Waals surface area contributed by atoms with Crippen LogP contribution in [-0.4, -0.2) is 35.7 Å². The lowest BCUT2D eigenvalue weighted by Gasteiger charge is -2.14. The quantitative estimate of drug-likeness (QED) is 0.438. The zero-order chi connectivity index (χ0) is 22.2. The van der Waals surface area contributed by atoms with E-state index in [9.17, 15) is 4.79 Å². The number of hydrogen-bond donors (Lipinski definition) is 0. The summed E-state index contributed by atoms with van der Waals surface area (Å²) in [6.45, 7) is 9.95. The highest BCUT2D eigenvalue weighted by Gasteiger charge is 2.32. The van der Waals surface area contributed by atoms with Crippen LogP contribution < -0.4 is 9.47 Å². The van der Waals surface area contributed by atoms with Crippen molar-refractivity contribution in [2.45, 2.75) is 40.5 Å². The fourth-order valence-corrected chi connectivity index (χ4v) is 4.13. The minimum atomic E-state index is -0.0121. The van der Waals surface area contributed by atoms with Gasteiger partial charge in [0.1, 0.15) is 0 Å². The largest absolute Gasteiger partial charge is 0.490 e. The van der Waals surface area contributed by atoms with Crippen LogP contribution >= 0.6 is 11.8 Å². The predicted molar refractivity (Wildman–Crippen MR) is 129 cm³/mol. The normalized spacial score (nSPS) is 16.4. The van der Waals surface area contributed by atoms with Gasteiger partial charge in [0.25, 0.3) is 5.91 Å². The minimum absolute atomic E-state index is 0.0121. The lowest BCUT2D eigenvalue weighted by atomic mass is 10.2. The molecule has 0 unspecified atom stereocenters. The number of amidine groups is 1. The van der Waals surface area contributed by atoms with Crippen LogP contribution in [-0.2, 0) is 4.79 Å². The van der Waals surface area contributed by atoms with Gasteiger partial charge in [0, 0.05) is 6.54 Å². The number of nitrogens with zero attached hydrogens (tertiary/aromatic N) is 2. The summed E-state index contributed by atoms with van der Waals surface area (Å²) in [7, 11) is 0. The standard InChI is InChI=1S/C25H30N2O3S/c1-5-14-27-24(28)23(31-25(27)26-20-11-8-18(4)9-12-20)17-19-10-13-21(30-15-6-2)22(16-19)29-7-3/h8-13,16-17H,5-7,14-15H2,1-4H3/b23-17+,26-25?. The number of rotatable bonds is 9. The Labute approximate surface area is 189 Å². The summed E-state index contributed by atoms with van der Waals surface area (Å²) < 4.78 is 11.5. The van der Waals surface area contributed by atoms with E-state index in [1.165, 1.54) is 17.3 Å². The van der Waals surface area contributed by atoms with Crippen molar-refractivity contribution < 1.29 is 14.3 Å². The van der Waals surface area contributed by atoms with E-state index in [1.54, 1.807) is 4.90 Å². The van der Waals surface area contributed by atoms with Gasteiger partial charge in [-0.2, -0.15) is 0 Å². The number of carbonyl (C=O) groups is 1. The fraction of sp³-hybridized carbons (Fsp3) is 0.360. The van der Waals surface area contributed by atoms with E-state index in [0.29, 0.717) is 30.4 Å². The molecular weight excluding hydrogens is 408 g/mol. The Kier molecular flexibility index (Phi) is 8.18. The number of benzene rings is 2. The topological polar surface area (TPSA) is 51.1 Å². The Hall–Kier alpha value is -2.73. The molecule has 2 aromatic rings. The number of hydrogen-bond acceptors (Lipinski definition) is 5. The second kappa shape index (κ2) is 11.0. The van der Waals surface area contributed by atoms with Crippen LogP contribution in [0, 0.1) is 6.92 Å². The molecule has 0 bridgehead atoms. The number of carbonyl (C=O) groups excluding carboxylic acids is 1. The summed E-state index contributed by atoms with van der Waals surface area (Å²) in [5.74, 6) is 1.41. The Morgan fingerprint density at radius 3 is 2.45 bits per heavy atom. The minimum Gasteiger partial charge on any atom is -0.490 e. The van der Waals surface area contributed by atoms with E-state index in [-0.39, 0.29) is 5.91 Å². The van der Waals surface area contributed by atoms with Crippen molar-refractivity contribution in [2.75, 3.05) is 19.8 Å². The van der Waals surface area contributed by atoms with Gasteiger partial charge < -0.3 is 9.47 Å². The lowest BCUT2D eigenvalue weighted by Crippen LogP contribution is -2.29. The molecule has 164 valence electrons. The molecule has 1 heterocycles. The first kappa shape index (κ1) is 22.9. The molecule has 31 heavy (non-hydrogen) atoms. The maximum absolute atomic E-state index is 13.1. The highest BCUT2D eigenvalue weighted by molar-refractivity contribution is 8.18. The maximum Gasteiger partial charge on any atom is 0.266 e. The van der Waals surface area contributed by atoms with E-state index in [0.717, 1.165) is 35.0 Å². The first-order valence-electron chi connectivity index (χ1n) is 10.8. The van der Waals surface area contributed by atoms with Crippen LogP contribution in [0.1, 0.15) is 44.7 Å². The van der Waals surface area contributed by atoms with E-state index >= 15 is 0 Å². The summed E-state index contributed by atoms with van der Waals surface area (Å²) >= 11 is 1.41. The first-order chi connectivity index (χ1) is 15.0. The molecule has 2 aromatic carbocycles. The third kappa shape index (κ3) is 5.91. The van der Waals surface area contributed by atoms with Crippen molar-refractivity contribution in [3.05, 3.63) is 58.5 Å². The predicted octanol–water partition coefficient (Wildman–Crippen LogP) is 6.20. The molecule has 3 rings (SSSR count). The molecule has 1 saturated heterocycles. The highest BCUT2D eigenvalue weighted by Crippen LogP contribution is 2.36. The lowest BCUT2D eigenvalue weighted by molar-refractivity contribution is -0.122. The molecule has 6 heteroatoms. The number of thioether (sulfide) groups is 1. The zero-order valence-corrected chi connectivity index (χ0v) is 19.5.